The highest BCUT2D eigenvalue weighted by Gasteiger charge is 2.46. The maximum absolute atomic E-state index is 12.6. The number of hydrogen-bond acceptors (Lipinski definition) is 6. The smallest absolute Gasteiger partial charge is 0.251 e. The molecule has 0 saturated carbocycles. The molecule has 0 spiro atoms. The maximum Gasteiger partial charge on any atom is 0.251 e. The Morgan fingerprint density at radius 1 is 1.48 bits per heavy atom. The first-order chi connectivity index (χ1) is 10.7. The van der Waals surface area contributed by atoms with E-state index in [1.54, 1.807) is 9.91 Å². The molecular formula is C15H20ClN3O3S. The molecule has 0 aromatic heterocycles. The van der Waals surface area contributed by atoms with Crippen LogP contribution in [0.1, 0.15) is 13.8 Å². The third-order valence-corrected chi connectivity index (χ3v) is 4.55. The molecule has 2 aliphatic heterocycles. The van der Waals surface area contributed by atoms with Crippen molar-refractivity contribution in [3.8, 4) is 0 Å². The van der Waals surface area contributed by atoms with E-state index in [1.165, 1.54) is 24.0 Å². The number of carbonyl (C=O) groups is 2. The van der Waals surface area contributed by atoms with Crippen molar-refractivity contribution >= 4 is 35.1 Å². The molecule has 2 heterocycles. The number of carbonyl (C=O) groups excluding carboxylic acids is 2. The van der Waals surface area contributed by atoms with Crippen LogP contribution in [0.5, 0.6) is 0 Å². The lowest BCUT2D eigenvalue weighted by Gasteiger charge is -2.50. The molecule has 0 aromatic carbocycles. The molecule has 6 nitrogen and oxygen atoms in total. The molecule has 2 aliphatic rings. The molecule has 0 aliphatic carbocycles. The third-order valence-electron chi connectivity index (χ3n) is 3.68. The summed E-state index contributed by atoms with van der Waals surface area (Å²) in [6.45, 7) is 12.1. The van der Waals surface area contributed by atoms with Crippen LogP contribution >= 0.6 is 23.4 Å². The van der Waals surface area contributed by atoms with Crippen LogP contribution in [-0.4, -0.2) is 63.1 Å². The lowest BCUT2D eigenvalue weighted by Crippen LogP contribution is -2.69. The largest absolute Gasteiger partial charge is 0.382 e. The van der Waals surface area contributed by atoms with Gasteiger partial charge in [0, 0.05) is 18.3 Å². The molecule has 1 saturated heterocycles. The van der Waals surface area contributed by atoms with Gasteiger partial charge >= 0.3 is 0 Å². The van der Waals surface area contributed by atoms with Crippen molar-refractivity contribution in [2.75, 3.05) is 13.2 Å². The Kier molecular flexibility index (Phi) is 5.57. The second-order valence-corrected chi connectivity index (χ2v) is 7.65. The Morgan fingerprint density at radius 2 is 2.13 bits per heavy atom. The van der Waals surface area contributed by atoms with Crippen LogP contribution in [-0.2, 0) is 9.59 Å². The van der Waals surface area contributed by atoms with Crippen molar-refractivity contribution in [1.29, 1.82) is 0 Å². The number of fused-ring (bicyclic) bond motifs is 1. The van der Waals surface area contributed by atoms with E-state index in [9.17, 15) is 14.7 Å². The molecule has 2 unspecified atom stereocenters. The first kappa shape index (κ1) is 18.1. The second-order valence-electron chi connectivity index (χ2n) is 5.69. The van der Waals surface area contributed by atoms with Crippen LogP contribution in [0, 0.1) is 0 Å². The SMILES string of the molecule is C=C(Cl)SC(=C)CN1CN(C(C)C)C(=O)C2C(O)C(=O)C=CN21. The highest BCUT2D eigenvalue weighted by Crippen LogP contribution is 2.30. The van der Waals surface area contributed by atoms with Crippen molar-refractivity contribution in [3.63, 3.8) is 0 Å². The highest BCUT2D eigenvalue weighted by molar-refractivity contribution is 8.08. The molecule has 8 heteroatoms. The molecule has 0 radical (unpaired) electrons. The van der Waals surface area contributed by atoms with E-state index < -0.39 is 17.9 Å². The minimum Gasteiger partial charge on any atom is -0.382 e. The van der Waals surface area contributed by atoms with Gasteiger partial charge in [-0.05, 0) is 18.8 Å². The van der Waals surface area contributed by atoms with Gasteiger partial charge in [0.2, 0.25) is 0 Å². The number of nitrogens with zero attached hydrogens (tertiary/aromatic N) is 3. The lowest BCUT2D eigenvalue weighted by atomic mass is 10.00. The maximum atomic E-state index is 12.6. The topological polar surface area (TPSA) is 64.1 Å². The molecule has 126 valence electrons. The second kappa shape index (κ2) is 7.09. The number of amides is 1. The van der Waals surface area contributed by atoms with Gasteiger partial charge in [0.25, 0.3) is 5.91 Å². The predicted octanol–water partition coefficient (Wildman–Crippen LogP) is 1.50. The van der Waals surface area contributed by atoms with E-state index in [2.05, 4.69) is 13.2 Å². The number of aliphatic hydroxyl groups excluding tert-OH is 1. The Labute approximate surface area is 145 Å². The molecule has 0 bridgehead atoms. The van der Waals surface area contributed by atoms with Gasteiger partial charge in [0.15, 0.2) is 11.8 Å². The van der Waals surface area contributed by atoms with E-state index in [0.717, 1.165) is 4.91 Å². The normalized spacial score (nSPS) is 25.1. The van der Waals surface area contributed by atoms with Gasteiger partial charge in [-0.3, -0.25) is 14.6 Å². The monoisotopic (exact) mass is 357 g/mol. The summed E-state index contributed by atoms with van der Waals surface area (Å²) in [5.41, 5.74) is 0. The van der Waals surface area contributed by atoms with Gasteiger partial charge in [-0.15, -0.1) is 0 Å². The summed E-state index contributed by atoms with van der Waals surface area (Å²) in [5, 5.41) is 13.6. The van der Waals surface area contributed by atoms with E-state index in [0.29, 0.717) is 17.6 Å². The summed E-state index contributed by atoms with van der Waals surface area (Å²) in [4.78, 5) is 26.7. The number of thioether (sulfide) groups is 1. The predicted molar refractivity (Wildman–Crippen MR) is 91.1 cm³/mol. The van der Waals surface area contributed by atoms with Crippen molar-refractivity contribution in [1.82, 2.24) is 14.9 Å². The van der Waals surface area contributed by atoms with Crippen LogP contribution < -0.4 is 0 Å². The van der Waals surface area contributed by atoms with Crippen LogP contribution in [0.15, 0.2) is 34.7 Å². The van der Waals surface area contributed by atoms with E-state index in [4.69, 9.17) is 11.6 Å². The summed E-state index contributed by atoms with van der Waals surface area (Å²) < 4.78 is 0.407. The quantitative estimate of drug-likeness (QED) is 0.804. The zero-order valence-corrected chi connectivity index (χ0v) is 14.7. The van der Waals surface area contributed by atoms with Crippen LogP contribution in [0.2, 0.25) is 0 Å². The zero-order chi connectivity index (χ0) is 17.3. The molecule has 23 heavy (non-hydrogen) atoms. The average Bonchev–Trinajstić information content (AvgIpc) is 2.43. The minimum atomic E-state index is -1.37. The standard InChI is InChI=1S/C15H20ClN3O3S/c1-9(2)18-8-17(7-10(3)23-11(4)16)19-6-5-12(20)14(21)13(19)15(18)22/h5-6,9,13-14,21H,3-4,7-8H2,1-2H3. The van der Waals surface area contributed by atoms with Gasteiger partial charge in [0.05, 0.1) is 17.6 Å². The van der Waals surface area contributed by atoms with E-state index >= 15 is 0 Å². The molecular weight excluding hydrogens is 338 g/mol. The summed E-state index contributed by atoms with van der Waals surface area (Å²) in [6, 6.07) is -0.995. The van der Waals surface area contributed by atoms with Gasteiger partial charge in [-0.25, -0.2) is 0 Å². The van der Waals surface area contributed by atoms with Gasteiger partial charge < -0.3 is 10.0 Å². The Morgan fingerprint density at radius 3 is 2.70 bits per heavy atom. The number of ketones is 1. The molecule has 0 aromatic rings. The Bertz CT molecular complexity index is 578. The van der Waals surface area contributed by atoms with Crippen molar-refractivity contribution in [2.45, 2.75) is 32.0 Å². The summed E-state index contributed by atoms with van der Waals surface area (Å²) in [6.07, 6.45) is 1.44. The molecule has 2 atom stereocenters. The highest BCUT2D eigenvalue weighted by atomic mass is 35.5. The van der Waals surface area contributed by atoms with Crippen molar-refractivity contribution < 1.29 is 14.7 Å². The molecule has 1 fully saturated rings. The summed E-state index contributed by atoms with van der Waals surface area (Å²) >= 11 is 7.04. The first-order valence-corrected chi connectivity index (χ1v) is 8.35. The number of hydrogen-bond donors (Lipinski definition) is 1. The minimum absolute atomic E-state index is 0.0516. The van der Waals surface area contributed by atoms with Gasteiger partial charge in [0.1, 0.15) is 6.10 Å². The zero-order valence-electron chi connectivity index (χ0n) is 13.1. The van der Waals surface area contributed by atoms with Crippen LogP contribution in [0.25, 0.3) is 0 Å². The molecule has 2 rings (SSSR count). The van der Waals surface area contributed by atoms with E-state index in [-0.39, 0.29) is 11.9 Å². The summed E-state index contributed by atoms with van der Waals surface area (Å²) in [7, 11) is 0. The summed E-state index contributed by atoms with van der Waals surface area (Å²) in [5.74, 6) is -0.728. The fourth-order valence-corrected chi connectivity index (χ4v) is 3.44. The third kappa shape index (κ3) is 3.80. The fraction of sp³-hybridized carbons (Fsp3) is 0.467. The number of aliphatic hydroxyl groups is 1. The Hall–Kier alpha value is -1.28. The molecule has 1 amide bonds. The van der Waals surface area contributed by atoms with Crippen molar-refractivity contribution in [2.24, 2.45) is 0 Å². The van der Waals surface area contributed by atoms with Crippen LogP contribution in [0.3, 0.4) is 0 Å². The fourth-order valence-electron chi connectivity index (χ4n) is 2.59. The van der Waals surface area contributed by atoms with E-state index in [1.807, 2.05) is 18.9 Å². The first-order valence-electron chi connectivity index (χ1n) is 7.16. The van der Waals surface area contributed by atoms with Crippen molar-refractivity contribution in [3.05, 3.63) is 34.7 Å². The number of halogens is 1. The number of hydrazine groups is 1. The van der Waals surface area contributed by atoms with Crippen LogP contribution in [0.4, 0.5) is 0 Å². The molecule has 1 N–H and O–H groups in total. The lowest BCUT2D eigenvalue weighted by molar-refractivity contribution is -0.180. The Balaban J connectivity index is 2.28. The van der Waals surface area contributed by atoms with Gasteiger partial charge in [-0.2, -0.15) is 5.01 Å². The van der Waals surface area contributed by atoms with Gasteiger partial charge in [-0.1, -0.05) is 36.5 Å². The average molecular weight is 358 g/mol. The number of rotatable bonds is 5.